The van der Waals surface area contributed by atoms with Crippen LogP contribution in [0, 0.1) is 17.2 Å². The first-order chi connectivity index (χ1) is 8.67. The molecule has 0 atom stereocenters. The zero-order chi connectivity index (χ0) is 13.1. The highest BCUT2D eigenvalue weighted by Gasteiger charge is 2.31. The fraction of sp³-hybridized carbons (Fsp3) is 0.533. The molecule has 0 heterocycles. The van der Waals surface area contributed by atoms with Gasteiger partial charge in [-0.15, -0.1) is 11.8 Å². The molecule has 3 heteroatoms. The van der Waals surface area contributed by atoms with Gasteiger partial charge in [0, 0.05) is 17.5 Å². The first-order valence-corrected chi connectivity index (χ1v) is 7.73. The summed E-state index contributed by atoms with van der Waals surface area (Å²) in [6.45, 7) is 5.51. The maximum absolute atomic E-state index is 9.43. The Balaban J connectivity index is 2.38. The highest BCUT2D eigenvalue weighted by Crippen LogP contribution is 2.36. The lowest BCUT2D eigenvalue weighted by molar-refractivity contribution is 0.606. The molecule has 0 aromatic heterocycles. The predicted octanol–water partition coefficient (Wildman–Crippen LogP) is 3.90. The molecule has 0 unspecified atom stereocenters. The molecular formula is C15H20N2S. The van der Waals surface area contributed by atoms with E-state index in [2.05, 4.69) is 36.9 Å². The van der Waals surface area contributed by atoms with Crippen molar-refractivity contribution in [2.24, 2.45) is 5.92 Å². The molecule has 1 saturated carbocycles. The van der Waals surface area contributed by atoms with Gasteiger partial charge in [-0.2, -0.15) is 5.26 Å². The van der Waals surface area contributed by atoms with Gasteiger partial charge in [0.25, 0.3) is 0 Å². The Hall–Kier alpha value is -1.14. The number of benzene rings is 1. The van der Waals surface area contributed by atoms with Crippen molar-refractivity contribution in [3.63, 3.8) is 0 Å². The summed E-state index contributed by atoms with van der Waals surface area (Å²) in [5.41, 5.74) is 1.97. The van der Waals surface area contributed by atoms with Crippen LogP contribution in [0.1, 0.15) is 32.3 Å². The first-order valence-electron chi connectivity index (χ1n) is 6.51. The van der Waals surface area contributed by atoms with E-state index in [-0.39, 0.29) is 0 Å². The van der Waals surface area contributed by atoms with Crippen molar-refractivity contribution in [3.05, 3.63) is 23.8 Å². The summed E-state index contributed by atoms with van der Waals surface area (Å²) in [5.74, 6) is 0.620. The molecule has 1 aliphatic rings. The average Bonchev–Trinajstić information content (AvgIpc) is 3.18. The third-order valence-corrected chi connectivity index (χ3v) is 3.97. The van der Waals surface area contributed by atoms with Crippen molar-refractivity contribution < 1.29 is 0 Å². The molecule has 1 aromatic carbocycles. The van der Waals surface area contributed by atoms with Crippen molar-refractivity contribution in [2.75, 3.05) is 17.7 Å². The zero-order valence-corrected chi connectivity index (χ0v) is 12.1. The number of thioether (sulfide) groups is 1. The second-order valence-corrected chi connectivity index (χ2v) is 6.09. The molecule has 0 aliphatic heterocycles. The monoisotopic (exact) mass is 260 g/mol. The lowest BCUT2D eigenvalue weighted by Gasteiger charge is -2.28. The van der Waals surface area contributed by atoms with Crippen LogP contribution in [-0.4, -0.2) is 18.8 Å². The zero-order valence-electron chi connectivity index (χ0n) is 11.3. The molecule has 18 heavy (non-hydrogen) atoms. The SMILES string of the molecule is CSc1cccc(N(CC(C)C)C2CC2)c1C#N. The van der Waals surface area contributed by atoms with E-state index >= 15 is 0 Å². The summed E-state index contributed by atoms with van der Waals surface area (Å²) < 4.78 is 0. The van der Waals surface area contributed by atoms with Crippen molar-refractivity contribution >= 4 is 17.4 Å². The summed E-state index contributed by atoms with van der Waals surface area (Å²) in [6.07, 6.45) is 4.56. The summed E-state index contributed by atoms with van der Waals surface area (Å²) in [4.78, 5) is 3.52. The fourth-order valence-corrected chi connectivity index (χ4v) is 2.83. The van der Waals surface area contributed by atoms with E-state index in [0.717, 1.165) is 22.7 Å². The molecule has 1 fully saturated rings. The van der Waals surface area contributed by atoms with Crippen LogP contribution >= 0.6 is 11.8 Å². The number of hydrogen-bond acceptors (Lipinski definition) is 3. The third-order valence-electron chi connectivity index (χ3n) is 3.19. The van der Waals surface area contributed by atoms with Gasteiger partial charge in [0.15, 0.2) is 0 Å². The van der Waals surface area contributed by atoms with Crippen molar-refractivity contribution in [1.29, 1.82) is 5.26 Å². The topological polar surface area (TPSA) is 27.0 Å². The maximum atomic E-state index is 9.43. The highest BCUT2D eigenvalue weighted by atomic mass is 32.2. The van der Waals surface area contributed by atoms with Crippen molar-refractivity contribution in [2.45, 2.75) is 37.6 Å². The molecule has 0 N–H and O–H groups in total. The molecule has 2 nitrogen and oxygen atoms in total. The third kappa shape index (κ3) is 2.81. The smallest absolute Gasteiger partial charge is 0.103 e. The van der Waals surface area contributed by atoms with Crippen LogP contribution in [0.2, 0.25) is 0 Å². The number of nitrogens with zero attached hydrogens (tertiary/aromatic N) is 2. The van der Waals surface area contributed by atoms with Crippen molar-refractivity contribution in [3.8, 4) is 6.07 Å². The van der Waals surface area contributed by atoms with E-state index in [0.29, 0.717) is 12.0 Å². The largest absolute Gasteiger partial charge is 0.367 e. The van der Waals surface area contributed by atoms with Gasteiger partial charge in [-0.3, -0.25) is 0 Å². The lowest BCUT2D eigenvalue weighted by Crippen LogP contribution is -2.30. The summed E-state index contributed by atoms with van der Waals surface area (Å²) in [6, 6.07) is 9.24. The van der Waals surface area contributed by atoms with E-state index in [1.54, 1.807) is 11.8 Å². The van der Waals surface area contributed by atoms with Crippen LogP contribution in [0.4, 0.5) is 5.69 Å². The van der Waals surface area contributed by atoms with Crippen LogP contribution in [0.5, 0.6) is 0 Å². The summed E-state index contributed by atoms with van der Waals surface area (Å²) in [7, 11) is 0. The van der Waals surface area contributed by atoms with Crippen LogP contribution in [-0.2, 0) is 0 Å². The van der Waals surface area contributed by atoms with Crippen LogP contribution in [0.25, 0.3) is 0 Å². The Kier molecular flexibility index (Phi) is 4.19. The fourth-order valence-electron chi connectivity index (χ4n) is 2.27. The Morgan fingerprint density at radius 2 is 2.17 bits per heavy atom. The Morgan fingerprint density at radius 3 is 2.67 bits per heavy atom. The molecule has 0 radical (unpaired) electrons. The van der Waals surface area contributed by atoms with Gasteiger partial charge in [0.1, 0.15) is 6.07 Å². The van der Waals surface area contributed by atoms with E-state index in [9.17, 15) is 5.26 Å². The molecule has 0 saturated heterocycles. The Bertz CT molecular complexity index is 458. The van der Waals surface area contributed by atoms with Gasteiger partial charge < -0.3 is 4.90 Å². The molecular weight excluding hydrogens is 240 g/mol. The number of anilines is 1. The van der Waals surface area contributed by atoms with Gasteiger partial charge in [0.2, 0.25) is 0 Å². The van der Waals surface area contributed by atoms with Crippen LogP contribution in [0.3, 0.4) is 0 Å². The minimum atomic E-state index is 0.620. The number of rotatable bonds is 5. The number of hydrogen-bond donors (Lipinski definition) is 0. The molecule has 96 valence electrons. The average molecular weight is 260 g/mol. The van der Waals surface area contributed by atoms with Gasteiger partial charge in [0.05, 0.1) is 11.3 Å². The molecule has 1 aromatic rings. The lowest BCUT2D eigenvalue weighted by atomic mass is 10.1. The van der Waals surface area contributed by atoms with Crippen LogP contribution in [0.15, 0.2) is 23.1 Å². The summed E-state index contributed by atoms with van der Waals surface area (Å²) in [5, 5.41) is 9.43. The molecule has 0 bridgehead atoms. The van der Waals surface area contributed by atoms with Crippen LogP contribution < -0.4 is 4.90 Å². The molecule has 0 spiro atoms. The predicted molar refractivity (Wildman–Crippen MR) is 78.1 cm³/mol. The quantitative estimate of drug-likeness (QED) is 0.751. The van der Waals surface area contributed by atoms with Gasteiger partial charge in [-0.1, -0.05) is 19.9 Å². The van der Waals surface area contributed by atoms with Crippen molar-refractivity contribution in [1.82, 2.24) is 0 Å². The molecule has 2 rings (SSSR count). The molecule has 1 aliphatic carbocycles. The van der Waals surface area contributed by atoms with Gasteiger partial charge in [-0.25, -0.2) is 0 Å². The van der Waals surface area contributed by atoms with Gasteiger partial charge >= 0.3 is 0 Å². The Labute approximate surface area is 114 Å². The van der Waals surface area contributed by atoms with E-state index < -0.39 is 0 Å². The normalized spacial score (nSPS) is 14.6. The Morgan fingerprint density at radius 1 is 1.44 bits per heavy atom. The maximum Gasteiger partial charge on any atom is 0.103 e. The highest BCUT2D eigenvalue weighted by molar-refractivity contribution is 7.98. The minimum Gasteiger partial charge on any atom is -0.367 e. The van der Waals surface area contributed by atoms with Gasteiger partial charge in [-0.05, 0) is 37.1 Å². The standard InChI is InChI=1S/C15H20N2S/c1-11(2)10-17(12-7-8-12)14-5-4-6-15(18-3)13(14)9-16/h4-6,11-12H,7-8,10H2,1-3H3. The second-order valence-electron chi connectivity index (χ2n) is 5.24. The van der Waals surface area contributed by atoms with E-state index in [4.69, 9.17) is 0 Å². The van der Waals surface area contributed by atoms with E-state index in [1.165, 1.54) is 12.8 Å². The first kappa shape index (κ1) is 13.3. The number of nitriles is 1. The van der Waals surface area contributed by atoms with E-state index in [1.807, 2.05) is 12.3 Å². The minimum absolute atomic E-state index is 0.620. The molecule has 0 amide bonds. The second kappa shape index (κ2) is 5.67. The summed E-state index contributed by atoms with van der Waals surface area (Å²) >= 11 is 1.65.